The summed E-state index contributed by atoms with van der Waals surface area (Å²) in [5.74, 6) is 2.93. The molecule has 7 nitrogen and oxygen atoms in total. The average Bonchev–Trinajstić information content (AvgIpc) is 3.43. The van der Waals surface area contributed by atoms with Crippen molar-refractivity contribution in [3.05, 3.63) is 17.7 Å². The van der Waals surface area contributed by atoms with E-state index in [9.17, 15) is 0 Å². The van der Waals surface area contributed by atoms with E-state index < -0.39 is 0 Å². The lowest BCUT2D eigenvalue weighted by Crippen LogP contribution is -2.45. The first-order valence-corrected chi connectivity index (χ1v) is 10.8. The van der Waals surface area contributed by atoms with E-state index in [1.54, 1.807) is 21.3 Å². The summed E-state index contributed by atoms with van der Waals surface area (Å²) in [5.41, 5.74) is 0.960. The summed E-state index contributed by atoms with van der Waals surface area (Å²) in [6.45, 7) is 5.71. The topological polar surface area (TPSA) is 67.4 Å². The molecule has 1 aliphatic carbocycles. The Morgan fingerprint density at radius 2 is 1.70 bits per heavy atom. The highest BCUT2D eigenvalue weighted by Gasteiger charge is 2.30. The maximum Gasteiger partial charge on any atom is 0.191 e. The molecule has 1 aliphatic heterocycles. The maximum absolute atomic E-state index is 5.53. The number of aliphatic imine (C=N–C) groups is 1. The van der Waals surface area contributed by atoms with Crippen LogP contribution in [0, 0.1) is 0 Å². The summed E-state index contributed by atoms with van der Waals surface area (Å²) in [6, 6.07) is 5.01. The van der Waals surface area contributed by atoms with Crippen molar-refractivity contribution >= 4 is 29.9 Å². The van der Waals surface area contributed by atoms with Gasteiger partial charge in [0.1, 0.15) is 5.75 Å². The van der Waals surface area contributed by atoms with E-state index in [-0.39, 0.29) is 24.0 Å². The fraction of sp³-hybridized carbons (Fsp3) is 0.682. The van der Waals surface area contributed by atoms with Gasteiger partial charge in [0.15, 0.2) is 17.5 Å². The van der Waals surface area contributed by atoms with E-state index in [4.69, 9.17) is 19.2 Å². The average molecular weight is 532 g/mol. The van der Waals surface area contributed by atoms with Gasteiger partial charge < -0.3 is 24.8 Å². The summed E-state index contributed by atoms with van der Waals surface area (Å²) >= 11 is 0. The number of nitrogens with zero attached hydrogens (tertiary/aromatic N) is 2. The molecule has 0 aromatic heterocycles. The van der Waals surface area contributed by atoms with Crippen LogP contribution in [0.2, 0.25) is 0 Å². The Morgan fingerprint density at radius 1 is 1.03 bits per heavy atom. The molecule has 0 bridgehead atoms. The van der Waals surface area contributed by atoms with Gasteiger partial charge in [-0.1, -0.05) is 12.8 Å². The fourth-order valence-corrected chi connectivity index (χ4v) is 4.40. The van der Waals surface area contributed by atoms with Crippen LogP contribution >= 0.6 is 24.0 Å². The standard InChI is InChI=1S/C22H36N4O3.HI/c1-5-23-22(25-17-10-11-26(15-17)18-8-6-7-9-18)24-14-16-12-20(28-3)21(29-4)13-19(16)27-2;/h12-13,17-18H,5-11,14-15H2,1-4H3,(H2,23,24,25);1H. The van der Waals surface area contributed by atoms with Crippen LogP contribution in [0.5, 0.6) is 17.2 Å². The van der Waals surface area contributed by atoms with Crippen molar-refractivity contribution in [1.29, 1.82) is 0 Å². The Hall–Kier alpha value is -1.42. The Kier molecular flexibility index (Phi) is 10.3. The Bertz CT molecular complexity index is 695. The van der Waals surface area contributed by atoms with E-state index in [0.717, 1.165) is 36.4 Å². The third kappa shape index (κ3) is 6.29. The molecule has 2 fully saturated rings. The van der Waals surface area contributed by atoms with Crippen molar-refractivity contribution in [3.63, 3.8) is 0 Å². The van der Waals surface area contributed by atoms with E-state index in [1.807, 2.05) is 12.1 Å². The Balaban J connectivity index is 0.00000320. The van der Waals surface area contributed by atoms with Gasteiger partial charge in [-0.15, -0.1) is 24.0 Å². The predicted octanol–water partition coefficient (Wildman–Crippen LogP) is 3.40. The molecular formula is C22H37IN4O3. The van der Waals surface area contributed by atoms with Gasteiger partial charge in [-0.05, 0) is 32.3 Å². The molecule has 1 saturated heterocycles. The highest BCUT2D eigenvalue weighted by Crippen LogP contribution is 2.35. The number of rotatable bonds is 8. The summed E-state index contributed by atoms with van der Waals surface area (Å²) in [5, 5.41) is 7.01. The second-order valence-electron chi connectivity index (χ2n) is 7.78. The van der Waals surface area contributed by atoms with E-state index in [2.05, 4.69) is 22.5 Å². The van der Waals surface area contributed by atoms with Gasteiger partial charge in [0.05, 0.1) is 27.9 Å². The number of methoxy groups -OCH3 is 3. The summed E-state index contributed by atoms with van der Waals surface area (Å²) < 4.78 is 16.3. The molecule has 3 rings (SSSR count). The molecule has 0 amide bonds. The second-order valence-corrected chi connectivity index (χ2v) is 7.78. The van der Waals surface area contributed by atoms with Crippen molar-refractivity contribution in [2.45, 2.75) is 57.7 Å². The Labute approximate surface area is 197 Å². The molecule has 1 aromatic rings. The summed E-state index contributed by atoms with van der Waals surface area (Å²) in [7, 11) is 4.92. The molecule has 2 N–H and O–H groups in total. The van der Waals surface area contributed by atoms with Crippen molar-refractivity contribution in [1.82, 2.24) is 15.5 Å². The van der Waals surface area contributed by atoms with Gasteiger partial charge in [-0.3, -0.25) is 4.90 Å². The number of ether oxygens (including phenoxy) is 3. The number of likely N-dealkylation sites (tertiary alicyclic amines) is 1. The van der Waals surface area contributed by atoms with Crippen LogP contribution in [0.4, 0.5) is 0 Å². The molecule has 2 aliphatic rings. The Morgan fingerprint density at radius 3 is 2.33 bits per heavy atom. The van der Waals surface area contributed by atoms with Crippen molar-refractivity contribution in [2.24, 2.45) is 4.99 Å². The molecule has 30 heavy (non-hydrogen) atoms. The van der Waals surface area contributed by atoms with Crippen LogP contribution in [-0.4, -0.2) is 63.9 Å². The lowest BCUT2D eigenvalue weighted by atomic mass is 10.1. The molecule has 1 unspecified atom stereocenters. The normalized spacial score (nSPS) is 20.0. The lowest BCUT2D eigenvalue weighted by molar-refractivity contribution is 0.242. The van der Waals surface area contributed by atoms with Gasteiger partial charge in [0.25, 0.3) is 0 Å². The number of guanidine groups is 1. The smallest absolute Gasteiger partial charge is 0.191 e. The largest absolute Gasteiger partial charge is 0.496 e. The van der Waals surface area contributed by atoms with Gasteiger partial charge in [0.2, 0.25) is 0 Å². The zero-order valence-corrected chi connectivity index (χ0v) is 21.0. The predicted molar refractivity (Wildman–Crippen MR) is 132 cm³/mol. The number of nitrogens with one attached hydrogen (secondary N) is 2. The van der Waals surface area contributed by atoms with E-state index in [0.29, 0.717) is 24.1 Å². The number of hydrogen-bond donors (Lipinski definition) is 2. The minimum Gasteiger partial charge on any atom is -0.496 e. The summed E-state index contributed by atoms with van der Waals surface area (Å²) in [4.78, 5) is 7.47. The monoisotopic (exact) mass is 532 g/mol. The zero-order chi connectivity index (χ0) is 20.6. The van der Waals surface area contributed by atoms with Gasteiger partial charge in [-0.2, -0.15) is 0 Å². The second kappa shape index (κ2) is 12.4. The van der Waals surface area contributed by atoms with Crippen LogP contribution < -0.4 is 24.8 Å². The first kappa shape index (κ1) is 24.8. The van der Waals surface area contributed by atoms with Crippen molar-refractivity contribution < 1.29 is 14.2 Å². The first-order valence-electron chi connectivity index (χ1n) is 10.8. The van der Waals surface area contributed by atoms with Gasteiger partial charge >= 0.3 is 0 Å². The van der Waals surface area contributed by atoms with Crippen molar-refractivity contribution in [3.8, 4) is 17.2 Å². The molecule has 1 heterocycles. The van der Waals surface area contributed by atoms with Crippen LogP contribution in [0.15, 0.2) is 17.1 Å². The van der Waals surface area contributed by atoms with Crippen LogP contribution in [0.25, 0.3) is 0 Å². The molecule has 170 valence electrons. The number of halogens is 1. The quantitative estimate of drug-likeness (QED) is 0.304. The molecule has 0 radical (unpaired) electrons. The molecule has 1 saturated carbocycles. The minimum absolute atomic E-state index is 0. The molecule has 1 aromatic carbocycles. The van der Waals surface area contributed by atoms with Gasteiger partial charge in [0, 0.05) is 43.3 Å². The molecule has 0 spiro atoms. The molecule has 1 atom stereocenters. The van der Waals surface area contributed by atoms with Crippen molar-refractivity contribution in [2.75, 3.05) is 41.0 Å². The molecule has 8 heteroatoms. The highest BCUT2D eigenvalue weighted by molar-refractivity contribution is 14.0. The summed E-state index contributed by atoms with van der Waals surface area (Å²) in [6.07, 6.45) is 6.66. The maximum atomic E-state index is 5.53. The van der Waals surface area contributed by atoms with Crippen LogP contribution in [0.1, 0.15) is 44.6 Å². The van der Waals surface area contributed by atoms with E-state index >= 15 is 0 Å². The van der Waals surface area contributed by atoms with Gasteiger partial charge in [-0.25, -0.2) is 4.99 Å². The molecular weight excluding hydrogens is 495 g/mol. The van der Waals surface area contributed by atoms with Crippen LogP contribution in [0.3, 0.4) is 0 Å². The number of hydrogen-bond acceptors (Lipinski definition) is 5. The third-order valence-corrected chi connectivity index (χ3v) is 5.94. The minimum atomic E-state index is 0. The SMILES string of the molecule is CCNC(=NCc1cc(OC)c(OC)cc1OC)NC1CCN(C2CCCC2)C1.I. The third-order valence-electron chi connectivity index (χ3n) is 5.94. The number of benzene rings is 1. The first-order chi connectivity index (χ1) is 14.2. The lowest BCUT2D eigenvalue weighted by Gasteiger charge is -2.24. The fourth-order valence-electron chi connectivity index (χ4n) is 4.40. The van der Waals surface area contributed by atoms with Crippen LogP contribution in [-0.2, 0) is 6.54 Å². The highest BCUT2D eigenvalue weighted by atomic mass is 127. The van der Waals surface area contributed by atoms with E-state index in [1.165, 1.54) is 38.6 Å². The zero-order valence-electron chi connectivity index (χ0n) is 18.7.